The largest absolute Gasteiger partial charge is 0.495 e. The highest BCUT2D eigenvalue weighted by Gasteiger charge is 2.20. The van der Waals surface area contributed by atoms with Crippen LogP contribution in [-0.2, 0) is 10.0 Å². The van der Waals surface area contributed by atoms with Gasteiger partial charge in [-0.15, -0.1) is 0 Å². The Bertz CT molecular complexity index is 936. The van der Waals surface area contributed by atoms with Gasteiger partial charge >= 0.3 is 0 Å². The van der Waals surface area contributed by atoms with E-state index in [1.165, 1.54) is 45.2 Å². The molecule has 0 unspecified atom stereocenters. The average molecular weight is 404 g/mol. The zero-order valence-corrected chi connectivity index (χ0v) is 16.7. The third-order valence-corrected chi connectivity index (χ3v) is 6.14. The summed E-state index contributed by atoms with van der Waals surface area (Å²) in [6.07, 6.45) is 4.83. The van der Waals surface area contributed by atoms with Gasteiger partial charge in [-0.25, -0.2) is 13.1 Å². The van der Waals surface area contributed by atoms with E-state index in [2.05, 4.69) is 10.0 Å². The number of hydrogen-bond acceptors (Lipinski definition) is 5. The van der Waals surface area contributed by atoms with E-state index in [-0.39, 0.29) is 22.3 Å². The van der Waals surface area contributed by atoms with Gasteiger partial charge in [-0.1, -0.05) is 0 Å². The van der Waals surface area contributed by atoms with Crippen LogP contribution in [0.5, 0.6) is 11.5 Å². The number of rotatable bonds is 7. The Balaban J connectivity index is 1.73. The van der Waals surface area contributed by atoms with Crippen molar-refractivity contribution in [3.05, 3.63) is 48.0 Å². The lowest BCUT2D eigenvalue weighted by Gasteiger charge is -2.14. The van der Waals surface area contributed by atoms with E-state index in [4.69, 9.17) is 9.47 Å². The van der Waals surface area contributed by atoms with Gasteiger partial charge in [0.1, 0.15) is 16.4 Å². The number of carbonyl (C=O) groups excluding carboxylic acids is 1. The molecule has 0 spiro atoms. The van der Waals surface area contributed by atoms with Gasteiger partial charge in [0, 0.05) is 11.3 Å². The molecule has 0 bridgehead atoms. The number of hydrogen-bond donors (Lipinski definition) is 2. The van der Waals surface area contributed by atoms with Crippen molar-refractivity contribution in [3.8, 4) is 11.5 Å². The lowest BCUT2D eigenvalue weighted by molar-refractivity contribution is 0.102. The first-order valence-corrected chi connectivity index (χ1v) is 10.6. The molecule has 1 fully saturated rings. The van der Waals surface area contributed by atoms with Crippen molar-refractivity contribution in [1.29, 1.82) is 0 Å². The highest BCUT2D eigenvalue weighted by atomic mass is 32.2. The molecule has 2 aromatic carbocycles. The van der Waals surface area contributed by atoms with Crippen LogP contribution in [0.3, 0.4) is 0 Å². The minimum Gasteiger partial charge on any atom is -0.495 e. The summed E-state index contributed by atoms with van der Waals surface area (Å²) in [6.45, 7) is 0. The zero-order chi connectivity index (χ0) is 20.1. The fourth-order valence-corrected chi connectivity index (χ4v) is 4.07. The molecule has 7 nitrogen and oxygen atoms in total. The average Bonchev–Trinajstić information content (AvgIpc) is 3.22. The lowest BCUT2D eigenvalue weighted by Crippen LogP contribution is -2.20. The fourth-order valence-electron chi connectivity index (χ4n) is 3.16. The van der Waals surface area contributed by atoms with Crippen LogP contribution in [0.2, 0.25) is 0 Å². The lowest BCUT2D eigenvalue weighted by atomic mass is 10.2. The van der Waals surface area contributed by atoms with Gasteiger partial charge in [-0.3, -0.25) is 4.79 Å². The third kappa shape index (κ3) is 4.63. The first-order chi connectivity index (χ1) is 13.4. The number of benzene rings is 2. The summed E-state index contributed by atoms with van der Waals surface area (Å²) in [5.74, 6) is 0.524. The van der Waals surface area contributed by atoms with Crippen molar-refractivity contribution >= 4 is 21.6 Å². The standard InChI is InChI=1S/C20H24N2O5S/c1-21-28(24,25)19-13-14(7-12-18(19)26-2)20(23)22-15-8-10-17(11-9-15)27-16-5-3-4-6-16/h7-13,16,21H,3-6H2,1-2H3,(H,22,23). The maximum Gasteiger partial charge on any atom is 0.255 e. The van der Waals surface area contributed by atoms with Crippen molar-refractivity contribution in [2.75, 3.05) is 19.5 Å². The van der Waals surface area contributed by atoms with Gasteiger partial charge in [-0.05, 0) is 75.2 Å². The SMILES string of the molecule is CNS(=O)(=O)c1cc(C(=O)Nc2ccc(OC3CCCC3)cc2)ccc1OC. The molecular weight excluding hydrogens is 380 g/mol. The molecule has 1 aliphatic carbocycles. The Hall–Kier alpha value is -2.58. The molecule has 28 heavy (non-hydrogen) atoms. The van der Waals surface area contributed by atoms with Crippen LogP contribution in [0.1, 0.15) is 36.0 Å². The molecule has 3 rings (SSSR count). The minimum atomic E-state index is -3.76. The van der Waals surface area contributed by atoms with Gasteiger partial charge in [0.05, 0.1) is 13.2 Å². The van der Waals surface area contributed by atoms with E-state index in [9.17, 15) is 13.2 Å². The molecule has 1 aliphatic rings. The number of ether oxygens (including phenoxy) is 2. The summed E-state index contributed by atoms with van der Waals surface area (Å²) in [5.41, 5.74) is 0.804. The smallest absolute Gasteiger partial charge is 0.255 e. The molecule has 0 atom stereocenters. The Morgan fingerprint density at radius 1 is 1.07 bits per heavy atom. The maximum absolute atomic E-state index is 12.5. The highest BCUT2D eigenvalue weighted by Crippen LogP contribution is 2.27. The monoisotopic (exact) mass is 404 g/mol. The minimum absolute atomic E-state index is 0.0922. The van der Waals surface area contributed by atoms with Crippen molar-refractivity contribution in [2.24, 2.45) is 0 Å². The Kier molecular flexibility index (Phi) is 6.21. The van der Waals surface area contributed by atoms with E-state index < -0.39 is 15.9 Å². The van der Waals surface area contributed by atoms with E-state index in [0.29, 0.717) is 5.69 Å². The number of sulfonamides is 1. The molecule has 0 aromatic heterocycles. The van der Waals surface area contributed by atoms with E-state index in [1.54, 1.807) is 12.1 Å². The van der Waals surface area contributed by atoms with Crippen molar-refractivity contribution in [3.63, 3.8) is 0 Å². The second-order valence-corrected chi connectivity index (χ2v) is 8.43. The summed E-state index contributed by atoms with van der Waals surface area (Å²) >= 11 is 0. The van der Waals surface area contributed by atoms with E-state index in [1.807, 2.05) is 12.1 Å². The molecule has 2 aromatic rings. The van der Waals surface area contributed by atoms with Crippen molar-refractivity contribution in [2.45, 2.75) is 36.7 Å². The number of amides is 1. The summed E-state index contributed by atoms with van der Waals surface area (Å²) in [4.78, 5) is 12.5. The summed E-state index contributed by atoms with van der Waals surface area (Å²) in [5, 5.41) is 2.76. The maximum atomic E-state index is 12.5. The first kappa shape index (κ1) is 20.2. The molecule has 150 valence electrons. The van der Waals surface area contributed by atoms with Crippen LogP contribution in [0.4, 0.5) is 5.69 Å². The van der Waals surface area contributed by atoms with E-state index in [0.717, 1.165) is 18.6 Å². The Labute approximate surface area is 165 Å². The fraction of sp³-hybridized carbons (Fsp3) is 0.350. The van der Waals surface area contributed by atoms with Gasteiger partial charge in [0.15, 0.2) is 0 Å². The number of methoxy groups -OCH3 is 1. The molecular formula is C20H24N2O5S. The molecule has 1 saturated carbocycles. The van der Waals surface area contributed by atoms with E-state index >= 15 is 0 Å². The van der Waals surface area contributed by atoms with Crippen LogP contribution in [0, 0.1) is 0 Å². The van der Waals surface area contributed by atoms with Crippen LogP contribution < -0.4 is 19.5 Å². The van der Waals surface area contributed by atoms with Gasteiger partial charge in [-0.2, -0.15) is 0 Å². The van der Waals surface area contributed by atoms with Crippen LogP contribution in [-0.4, -0.2) is 34.6 Å². The predicted octanol–water partition coefficient (Wildman–Crippen LogP) is 3.18. The number of nitrogens with one attached hydrogen (secondary N) is 2. The normalized spacial score (nSPS) is 14.6. The molecule has 0 heterocycles. The second kappa shape index (κ2) is 8.62. The number of carbonyl (C=O) groups is 1. The van der Waals surface area contributed by atoms with Gasteiger partial charge < -0.3 is 14.8 Å². The van der Waals surface area contributed by atoms with Crippen LogP contribution >= 0.6 is 0 Å². The molecule has 8 heteroatoms. The number of anilines is 1. The van der Waals surface area contributed by atoms with Gasteiger partial charge in [0.2, 0.25) is 10.0 Å². The van der Waals surface area contributed by atoms with Crippen molar-refractivity contribution in [1.82, 2.24) is 4.72 Å². The summed E-state index contributed by atoms with van der Waals surface area (Å²) in [6, 6.07) is 11.4. The summed E-state index contributed by atoms with van der Waals surface area (Å²) in [7, 11) is -1.08. The molecule has 2 N–H and O–H groups in total. The first-order valence-electron chi connectivity index (χ1n) is 9.12. The third-order valence-electron chi connectivity index (χ3n) is 4.70. The van der Waals surface area contributed by atoms with Gasteiger partial charge in [0.25, 0.3) is 5.91 Å². The summed E-state index contributed by atoms with van der Waals surface area (Å²) < 4.78 is 37.5. The molecule has 0 radical (unpaired) electrons. The topological polar surface area (TPSA) is 93.7 Å². The Morgan fingerprint density at radius 3 is 2.36 bits per heavy atom. The highest BCUT2D eigenvalue weighted by molar-refractivity contribution is 7.89. The molecule has 0 aliphatic heterocycles. The second-order valence-electron chi connectivity index (χ2n) is 6.58. The van der Waals surface area contributed by atoms with Crippen LogP contribution in [0.15, 0.2) is 47.4 Å². The molecule has 0 saturated heterocycles. The quantitative estimate of drug-likeness (QED) is 0.739. The molecule has 1 amide bonds. The Morgan fingerprint density at radius 2 is 1.75 bits per heavy atom. The van der Waals surface area contributed by atoms with Crippen molar-refractivity contribution < 1.29 is 22.7 Å². The zero-order valence-electron chi connectivity index (χ0n) is 15.9. The van der Waals surface area contributed by atoms with Crippen LogP contribution in [0.25, 0.3) is 0 Å². The predicted molar refractivity (Wildman–Crippen MR) is 107 cm³/mol.